The largest absolute Gasteiger partial charge is 0.462 e. The molecule has 0 aliphatic heterocycles. The smallest absolute Gasteiger partial charge is 0.306 e. The first kappa shape index (κ1) is 76.9. The molecule has 0 aromatic carbocycles. The van der Waals surface area contributed by atoms with Crippen molar-refractivity contribution in [3.63, 3.8) is 0 Å². The van der Waals surface area contributed by atoms with Crippen molar-refractivity contribution < 1.29 is 28.6 Å². The lowest BCUT2D eigenvalue weighted by molar-refractivity contribution is -0.167. The lowest BCUT2D eigenvalue weighted by atomic mass is 10.0. The van der Waals surface area contributed by atoms with Gasteiger partial charge in [0.05, 0.1) is 0 Å². The second-order valence-electron chi connectivity index (χ2n) is 24.5. The van der Waals surface area contributed by atoms with Gasteiger partial charge in [-0.1, -0.05) is 360 Å². The van der Waals surface area contributed by atoms with Gasteiger partial charge in [0.1, 0.15) is 13.2 Å². The molecule has 0 heterocycles. The highest BCUT2D eigenvalue weighted by molar-refractivity contribution is 5.71. The maximum atomic E-state index is 13.0. The molecule has 0 spiro atoms. The van der Waals surface area contributed by atoms with Gasteiger partial charge in [0.25, 0.3) is 0 Å². The second-order valence-corrected chi connectivity index (χ2v) is 24.5. The molecule has 1 atom stereocenters. The minimum atomic E-state index is -0.771. The van der Waals surface area contributed by atoms with Gasteiger partial charge in [0.2, 0.25) is 0 Å². The van der Waals surface area contributed by atoms with Crippen LogP contribution >= 0.6 is 0 Å². The Labute approximate surface area is 493 Å². The number of unbranched alkanes of at least 4 members (excludes halogenated alkanes) is 52. The summed E-state index contributed by atoms with van der Waals surface area (Å²) in [5.41, 5.74) is 0. The van der Waals surface area contributed by atoms with Crippen LogP contribution in [0.1, 0.15) is 406 Å². The highest BCUT2D eigenvalue weighted by atomic mass is 16.6. The molecule has 0 aromatic rings. The summed E-state index contributed by atoms with van der Waals surface area (Å²) in [5, 5.41) is 0. The average Bonchev–Trinajstić information content (AvgIpc) is 3.45. The summed E-state index contributed by atoms with van der Waals surface area (Å²) in [7, 11) is 0. The summed E-state index contributed by atoms with van der Waals surface area (Å²) in [6.07, 6.45) is 83.5. The van der Waals surface area contributed by atoms with E-state index >= 15 is 0 Å². The van der Waals surface area contributed by atoms with Crippen LogP contribution in [0.2, 0.25) is 0 Å². The van der Waals surface area contributed by atoms with Gasteiger partial charge in [-0.3, -0.25) is 14.4 Å². The third kappa shape index (κ3) is 66.6. The number of hydrogen-bond acceptors (Lipinski definition) is 6. The molecule has 0 amide bonds. The van der Waals surface area contributed by atoms with E-state index in [4.69, 9.17) is 14.2 Å². The Hall–Kier alpha value is -2.11. The summed E-state index contributed by atoms with van der Waals surface area (Å²) in [6, 6.07) is 0. The first-order valence-corrected chi connectivity index (χ1v) is 35.8. The molecule has 0 rings (SSSR count). The molecule has 1 unspecified atom stereocenters. The standard InChI is InChI=1S/C73H138O6/c1-4-7-10-13-16-19-22-25-28-31-33-34-35-36-37-38-40-42-45-48-51-54-57-60-63-66-72(75)78-69-70(68-77-71(74)65-62-59-56-53-50-47-44-41-30-27-24-21-18-15-12-9-6-3)79-73(76)67-64-61-58-55-52-49-46-43-39-32-29-26-23-20-17-14-11-8-5-2/h17,20,26,29,70H,4-16,18-19,21-25,27-28,30-69H2,1-3H3/b20-17-,29-26-. The minimum Gasteiger partial charge on any atom is -0.462 e. The molecule has 0 saturated heterocycles. The Morgan fingerprint density at radius 2 is 0.456 bits per heavy atom. The van der Waals surface area contributed by atoms with Crippen molar-refractivity contribution in [3.05, 3.63) is 24.3 Å². The van der Waals surface area contributed by atoms with Crippen LogP contribution in [0.3, 0.4) is 0 Å². The van der Waals surface area contributed by atoms with E-state index in [-0.39, 0.29) is 31.1 Å². The van der Waals surface area contributed by atoms with Crippen molar-refractivity contribution in [1.29, 1.82) is 0 Å². The molecule has 6 heteroatoms. The molecule has 0 aliphatic carbocycles. The van der Waals surface area contributed by atoms with E-state index in [0.29, 0.717) is 19.3 Å². The molecule has 0 fully saturated rings. The third-order valence-electron chi connectivity index (χ3n) is 16.5. The van der Waals surface area contributed by atoms with Crippen LogP contribution in [0.25, 0.3) is 0 Å². The zero-order valence-electron chi connectivity index (χ0n) is 53.7. The zero-order chi connectivity index (χ0) is 57.1. The van der Waals surface area contributed by atoms with E-state index in [0.717, 1.165) is 64.2 Å². The molecule has 466 valence electrons. The van der Waals surface area contributed by atoms with Crippen LogP contribution in [-0.2, 0) is 28.6 Å². The van der Waals surface area contributed by atoms with Crippen molar-refractivity contribution in [2.75, 3.05) is 13.2 Å². The number of carbonyl (C=O) groups excluding carboxylic acids is 3. The number of ether oxygens (including phenoxy) is 3. The Morgan fingerprint density at radius 3 is 0.722 bits per heavy atom. The lowest BCUT2D eigenvalue weighted by Gasteiger charge is -2.18. The number of esters is 3. The SMILES string of the molecule is CCCCC/C=C\C/C=C\CCCCCCCCCCCC(=O)OC(COC(=O)CCCCCCCCCCCCCCCCCCC)COC(=O)CCCCCCCCCCCCCCCCCCCCCCCCCCC. The first-order chi connectivity index (χ1) is 39.0. The summed E-state index contributed by atoms with van der Waals surface area (Å²) in [5.74, 6) is -0.835. The summed E-state index contributed by atoms with van der Waals surface area (Å²) in [4.78, 5) is 38.5. The van der Waals surface area contributed by atoms with Crippen molar-refractivity contribution in [2.24, 2.45) is 0 Å². The van der Waals surface area contributed by atoms with Gasteiger partial charge in [-0.15, -0.1) is 0 Å². The van der Waals surface area contributed by atoms with Crippen LogP contribution in [0, 0.1) is 0 Å². The van der Waals surface area contributed by atoms with E-state index < -0.39 is 6.10 Å². The Kier molecular flexibility index (Phi) is 66.6. The fourth-order valence-electron chi connectivity index (χ4n) is 11.1. The Morgan fingerprint density at radius 1 is 0.253 bits per heavy atom. The average molecular weight is 1110 g/mol. The maximum Gasteiger partial charge on any atom is 0.306 e. The number of rotatable bonds is 67. The number of carbonyl (C=O) groups is 3. The van der Waals surface area contributed by atoms with Crippen LogP contribution < -0.4 is 0 Å². The number of allylic oxidation sites excluding steroid dienone is 4. The quantitative estimate of drug-likeness (QED) is 0.0261. The Balaban J connectivity index is 4.26. The van der Waals surface area contributed by atoms with E-state index in [9.17, 15) is 14.4 Å². The van der Waals surface area contributed by atoms with Gasteiger partial charge >= 0.3 is 17.9 Å². The van der Waals surface area contributed by atoms with E-state index in [2.05, 4.69) is 45.1 Å². The minimum absolute atomic E-state index is 0.0662. The fourth-order valence-corrected chi connectivity index (χ4v) is 11.1. The van der Waals surface area contributed by atoms with Crippen LogP contribution in [0.15, 0.2) is 24.3 Å². The molecular weight excluding hydrogens is 973 g/mol. The molecule has 79 heavy (non-hydrogen) atoms. The second kappa shape index (κ2) is 68.4. The van der Waals surface area contributed by atoms with Gasteiger partial charge < -0.3 is 14.2 Å². The molecule has 0 aliphatic rings. The molecule has 0 aromatic heterocycles. The van der Waals surface area contributed by atoms with Crippen molar-refractivity contribution >= 4 is 17.9 Å². The molecule has 0 saturated carbocycles. The van der Waals surface area contributed by atoms with E-state index in [1.165, 1.54) is 302 Å². The monoisotopic (exact) mass is 1110 g/mol. The highest BCUT2D eigenvalue weighted by Crippen LogP contribution is 2.19. The van der Waals surface area contributed by atoms with Crippen molar-refractivity contribution in [1.82, 2.24) is 0 Å². The predicted molar refractivity (Wildman–Crippen MR) is 344 cm³/mol. The zero-order valence-corrected chi connectivity index (χ0v) is 53.7. The molecule has 0 radical (unpaired) electrons. The molecule has 0 N–H and O–H groups in total. The van der Waals surface area contributed by atoms with Crippen LogP contribution in [-0.4, -0.2) is 37.2 Å². The molecular formula is C73H138O6. The predicted octanol–water partition coefficient (Wildman–Crippen LogP) is 24.6. The van der Waals surface area contributed by atoms with Gasteiger partial charge in [-0.25, -0.2) is 0 Å². The summed E-state index contributed by atoms with van der Waals surface area (Å²) < 4.78 is 17.0. The van der Waals surface area contributed by atoms with Gasteiger partial charge in [-0.2, -0.15) is 0 Å². The van der Waals surface area contributed by atoms with Gasteiger partial charge in [-0.05, 0) is 51.4 Å². The van der Waals surface area contributed by atoms with E-state index in [1.807, 2.05) is 0 Å². The van der Waals surface area contributed by atoms with Crippen LogP contribution in [0.5, 0.6) is 0 Å². The fraction of sp³-hybridized carbons (Fsp3) is 0.904. The van der Waals surface area contributed by atoms with Crippen LogP contribution in [0.4, 0.5) is 0 Å². The van der Waals surface area contributed by atoms with Crippen molar-refractivity contribution in [2.45, 2.75) is 412 Å². The third-order valence-corrected chi connectivity index (χ3v) is 16.5. The lowest BCUT2D eigenvalue weighted by Crippen LogP contribution is -2.30. The van der Waals surface area contributed by atoms with Crippen molar-refractivity contribution in [3.8, 4) is 0 Å². The normalized spacial score (nSPS) is 12.1. The first-order valence-electron chi connectivity index (χ1n) is 35.8. The molecule has 6 nitrogen and oxygen atoms in total. The van der Waals surface area contributed by atoms with Gasteiger partial charge in [0, 0.05) is 19.3 Å². The summed E-state index contributed by atoms with van der Waals surface area (Å²) >= 11 is 0. The van der Waals surface area contributed by atoms with E-state index in [1.54, 1.807) is 0 Å². The molecule has 0 bridgehead atoms. The summed E-state index contributed by atoms with van der Waals surface area (Å²) in [6.45, 7) is 6.70. The Bertz CT molecular complexity index is 1270. The maximum absolute atomic E-state index is 13.0. The number of hydrogen-bond donors (Lipinski definition) is 0. The highest BCUT2D eigenvalue weighted by Gasteiger charge is 2.19. The van der Waals surface area contributed by atoms with Gasteiger partial charge in [0.15, 0.2) is 6.10 Å². The topological polar surface area (TPSA) is 78.9 Å².